The number of halogens is 1. The molecule has 0 saturated carbocycles. The molecule has 0 aliphatic heterocycles. The molecule has 0 aromatic carbocycles. The third-order valence-electron chi connectivity index (χ3n) is 0.971. The lowest BCUT2D eigenvalue weighted by molar-refractivity contribution is 0.984. The van der Waals surface area contributed by atoms with E-state index in [1.165, 1.54) is 6.42 Å². The summed E-state index contributed by atoms with van der Waals surface area (Å²) in [5.74, 6) is 0. The van der Waals surface area contributed by atoms with E-state index in [-0.39, 0.29) is 0 Å². The van der Waals surface area contributed by atoms with Gasteiger partial charge in [0.2, 0.25) is 0 Å². The quantitative estimate of drug-likeness (QED) is 0.459. The number of alkyl halides is 1. The molecule has 0 saturated heterocycles. The van der Waals surface area contributed by atoms with Crippen molar-refractivity contribution in [1.82, 2.24) is 0 Å². The Balaban J connectivity index is 3.21. The van der Waals surface area contributed by atoms with Crippen molar-refractivity contribution in [1.29, 1.82) is 0 Å². The van der Waals surface area contributed by atoms with E-state index in [9.17, 15) is 0 Å². The number of hydrogen-bond donors (Lipinski definition) is 0. The van der Waals surface area contributed by atoms with Gasteiger partial charge in [-0.05, 0) is 12.8 Å². The summed E-state index contributed by atoms with van der Waals surface area (Å²) in [4.78, 5) is 0.586. The first-order valence-corrected chi connectivity index (χ1v) is 4.03. The lowest BCUT2D eigenvalue weighted by Gasteiger charge is -1.94. The number of hydrogen-bond acceptors (Lipinski definition) is 0. The summed E-state index contributed by atoms with van der Waals surface area (Å²) < 4.78 is 0. The van der Waals surface area contributed by atoms with Gasteiger partial charge in [0.05, 0.1) is 0 Å². The molecule has 1 heteroatoms. The van der Waals surface area contributed by atoms with Crippen LogP contribution in [-0.4, -0.2) is 4.83 Å². The summed E-state index contributed by atoms with van der Waals surface area (Å²) in [5.41, 5.74) is 0. The SMILES string of the molecule is CC/C=C/C(Br)CC. The lowest BCUT2D eigenvalue weighted by Crippen LogP contribution is -1.85. The van der Waals surface area contributed by atoms with Crippen molar-refractivity contribution < 1.29 is 0 Å². The first-order chi connectivity index (χ1) is 3.81. The minimum Gasteiger partial charge on any atom is -0.0877 e. The highest BCUT2D eigenvalue weighted by Gasteiger charge is 1.89. The Morgan fingerprint density at radius 3 is 2.50 bits per heavy atom. The van der Waals surface area contributed by atoms with Crippen LogP contribution in [0.15, 0.2) is 12.2 Å². The second-order valence-corrected chi connectivity index (χ2v) is 2.94. The highest BCUT2D eigenvalue weighted by atomic mass is 79.9. The summed E-state index contributed by atoms with van der Waals surface area (Å²) in [5, 5.41) is 0. The van der Waals surface area contributed by atoms with Crippen LogP contribution in [0.4, 0.5) is 0 Å². The molecular weight excluding hydrogens is 164 g/mol. The van der Waals surface area contributed by atoms with Gasteiger partial charge >= 0.3 is 0 Å². The average Bonchev–Trinajstić information content (AvgIpc) is 1.83. The van der Waals surface area contributed by atoms with Crippen LogP contribution in [-0.2, 0) is 0 Å². The fraction of sp³-hybridized carbons (Fsp3) is 0.714. The minimum atomic E-state index is 0.586. The second-order valence-electron chi connectivity index (χ2n) is 1.76. The molecule has 1 atom stereocenters. The fourth-order valence-electron chi connectivity index (χ4n) is 0.420. The third-order valence-corrected chi connectivity index (χ3v) is 1.92. The van der Waals surface area contributed by atoms with Crippen molar-refractivity contribution in [2.75, 3.05) is 0 Å². The molecule has 0 rings (SSSR count). The lowest BCUT2D eigenvalue weighted by atomic mass is 10.3. The van der Waals surface area contributed by atoms with Crippen molar-refractivity contribution >= 4 is 15.9 Å². The van der Waals surface area contributed by atoms with Crippen LogP contribution in [0, 0.1) is 0 Å². The fourth-order valence-corrected chi connectivity index (χ4v) is 0.636. The molecule has 0 aliphatic rings. The maximum atomic E-state index is 3.49. The molecule has 0 spiro atoms. The minimum absolute atomic E-state index is 0.586. The Bertz CT molecular complexity index is 66.8. The van der Waals surface area contributed by atoms with E-state index < -0.39 is 0 Å². The average molecular weight is 177 g/mol. The van der Waals surface area contributed by atoms with E-state index in [0.29, 0.717) is 4.83 Å². The molecule has 0 nitrogen and oxygen atoms in total. The molecule has 0 bridgehead atoms. The molecule has 0 N–H and O–H groups in total. The van der Waals surface area contributed by atoms with E-state index in [4.69, 9.17) is 0 Å². The van der Waals surface area contributed by atoms with Crippen molar-refractivity contribution in [3.63, 3.8) is 0 Å². The molecule has 0 radical (unpaired) electrons. The molecule has 0 aromatic rings. The number of rotatable bonds is 3. The van der Waals surface area contributed by atoms with Gasteiger partial charge in [0.15, 0.2) is 0 Å². The molecule has 0 aromatic heterocycles. The highest BCUT2D eigenvalue weighted by molar-refractivity contribution is 9.09. The van der Waals surface area contributed by atoms with E-state index in [1.807, 2.05) is 0 Å². The Hall–Kier alpha value is 0.220. The molecule has 1 unspecified atom stereocenters. The van der Waals surface area contributed by atoms with Crippen molar-refractivity contribution in [3.8, 4) is 0 Å². The van der Waals surface area contributed by atoms with Crippen LogP contribution < -0.4 is 0 Å². The smallest absolute Gasteiger partial charge is 0.0322 e. The molecular formula is C7H13Br. The van der Waals surface area contributed by atoms with Crippen LogP contribution in [0.25, 0.3) is 0 Å². The Morgan fingerprint density at radius 2 is 2.12 bits per heavy atom. The Kier molecular flexibility index (Phi) is 5.51. The first kappa shape index (κ1) is 8.22. The van der Waals surface area contributed by atoms with Gasteiger partial charge in [0.25, 0.3) is 0 Å². The molecule has 0 aliphatic carbocycles. The van der Waals surface area contributed by atoms with Crippen molar-refractivity contribution in [2.45, 2.75) is 31.5 Å². The molecule has 48 valence electrons. The highest BCUT2D eigenvalue weighted by Crippen LogP contribution is 2.05. The van der Waals surface area contributed by atoms with Crippen LogP contribution >= 0.6 is 15.9 Å². The van der Waals surface area contributed by atoms with E-state index >= 15 is 0 Å². The van der Waals surface area contributed by atoms with E-state index in [2.05, 4.69) is 41.9 Å². The largest absolute Gasteiger partial charge is 0.0877 e. The van der Waals surface area contributed by atoms with E-state index in [0.717, 1.165) is 6.42 Å². The zero-order valence-corrected chi connectivity index (χ0v) is 7.11. The first-order valence-electron chi connectivity index (χ1n) is 3.12. The number of allylic oxidation sites excluding steroid dienone is 2. The summed E-state index contributed by atoms with van der Waals surface area (Å²) in [6, 6.07) is 0. The van der Waals surface area contributed by atoms with Crippen molar-refractivity contribution in [3.05, 3.63) is 12.2 Å². The molecule has 0 heterocycles. The van der Waals surface area contributed by atoms with Gasteiger partial charge in [-0.3, -0.25) is 0 Å². The van der Waals surface area contributed by atoms with Gasteiger partial charge < -0.3 is 0 Å². The summed E-state index contributed by atoms with van der Waals surface area (Å²) >= 11 is 3.49. The predicted octanol–water partition coefficient (Wildman–Crippen LogP) is 3.13. The normalized spacial score (nSPS) is 14.9. The standard InChI is InChI=1S/C7H13Br/c1-3-5-6-7(8)4-2/h5-7H,3-4H2,1-2H3/b6-5+. The molecule has 8 heavy (non-hydrogen) atoms. The summed E-state index contributed by atoms with van der Waals surface area (Å²) in [7, 11) is 0. The van der Waals surface area contributed by atoms with Gasteiger partial charge in [0, 0.05) is 4.83 Å². The van der Waals surface area contributed by atoms with Crippen LogP contribution in [0.3, 0.4) is 0 Å². The van der Waals surface area contributed by atoms with Gasteiger partial charge in [-0.2, -0.15) is 0 Å². The maximum Gasteiger partial charge on any atom is 0.0322 e. The van der Waals surface area contributed by atoms with Gasteiger partial charge in [-0.25, -0.2) is 0 Å². The van der Waals surface area contributed by atoms with E-state index in [1.54, 1.807) is 0 Å². The third kappa shape index (κ3) is 4.38. The van der Waals surface area contributed by atoms with Gasteiger partial charge in [0.1, 0.15) is 0 Å². The Labute approximate surface area is 60.1 Å². The van der Waals surface area contributed by atoms with Crippen LogP contribution in [0.5, 0.6) is 0 Å². The second kappa shape index (κ2) is 5.36. The van der Waals surface area contributed by atoms with Crippen LogP contribution in [0.2, 0.25) is 0 Å². The zero-order valence-electron chi connectivity index (χ0n) is 5.52. The van der Waals surface area contributed by atoms with Crippen LogP contribution in [0.1, 0.15) is 26.7 Å². The van der Waals surface area contributed by atoms with Gasteiger partial charge in [-0.1, -0.05) is 41.9 Å². The maximum absolute atomic E-state index is 3.49. The van der Waals surface area contributed by atoms with Crippen molar-refractivity contribution in [2.24, 2.45) is 0 Å². The molecule has 0 amide bonds. The zero-order chi connectivity index (χ0) is 6.41. The summed E-state index contributed by atoms with van der Waals surface area (Å²) in [6.07, 6.45) is 6.70. The topological polar surface area (TPSA) is 0 Å². The monoisotopic (exact) mass is 176 g/mol. The Morgan fingerprint density at radius 1 is 1.50 bits per heavy atom. The summed E-state index contributed by atoms with van der Waals surface area (Å²) in [6.45, 7) is 4.31. The predicted molar refractivity (Wildman–Crippen MR) is 42.4 cm³/mol. The van der Waals surface area contributed by atoms with Gasteiger partial charge in [-0.15, -0.1) is 0 Å². The molecule has 0 fully saturated rings.